The first kappa shape index (κ1) is 53.0. The molecule has 69 heavy (non-hydrogen) atoms. The molecular formula is C53H70N4O10S2+2. The van der Waals surface area contributed by atoms with Gasteiger partial charge in [0.05, 0.1) is 82.9 Å². The van der Waals surface area contributed by atoms with Crippen LogP contribution in [0.3, 0.4) is 0 Å². The molecule has 0 aromatic heterocycles. The molecule has 3 aliphatic rings. The molecule has 1 unspecified atom stereocenters. The predicted molar refractivity (Wildman–Crippen MR) is 268 cm³/mol. The Labute approximate surface area is 409 Å². The lowest BCUT2D eigenvalue weighted by molar-refractivity contribution is -0.871. The number of carboxylic acid groups (broad SMARTS) is 2. The van der Waals surface area contributed by atoms with Crippen LogP contribution >= 0.6 is 0 Å². The van der Waals surface area contributed by atoms with Gasteiger partial charge in [0.2, 0.25) is 5.69 Å². The Morgan fingerprint density at radius 1 is 0.812 bits per heavy atom. The topological polar surface area (TPSA) is 181 Å². The number of sulfone groups is 1. The largest absolute Gasteiger partial charge is 0.744 e. The van der Waals surface area contributed by atoms with Gasteiger partial charge in [0, 0.05) is 60.1 Å². The fourth-order valence-corrected chi connectivity index (χ4v) is 10.8. The van der Waals surface area contributed by atoms with E-state index in [-0.39, 0.29) is 29.1 Å². The number of carbonyl (C=O) groups is 2. The molecule has 0 amide bonds. The van der Waals surface area contributed by atoms with Crippen LogP contribution in [0.4, 0.5) is 11.4 Å². The molecule has 2 aliphatic heterocycles. The monoisotopic (exact) mass is 986 g/mol. The highest BCUT2D eigenvalue weighted by molar-refractivity contribution is 7.90. The van der Waals surface area contributed by atoms with Gasteiger partial charge in [-0.25, -0.2) is 16.8 Å². The maximum absolute atomic E-state index is 13.1. The number of hydrogen-bond donors (Lipinski definition) is 2. The van der Waals surface area contributed by atoms with Crippen LogP contribution in [0.2, 0.25) is 0 Å². The van der Waals surface area contributed by atoms with Crippen molar-refractivity contribution >= 4 is 49.0 Å². The molecule has 6 rings (SSSR count). The number of quaternary nitrogens is 2. The number of anilines is 1. The molecule has 2 heterocycles. The van der Waals surface area contributed by atoms with Gasteiger partial charge in [0.15, 0.2) is 22.1 Å². The lowest BCUT2D eigenvalue weighted by Gasteiger charge is -2.30. The molecule has 0 radical (unpaired) electrons. The molecule has 16 heteroatoms. The predicted octanol–water partition coefficient (Wildman–Crippen LogP) is 7.57. The first-order valence-corrected chi connectivity index (χ1v) is 26.7. The van der Waals surface area contributed by atoms with Crippen LogP contribution in [-0.4, -0.2) is 138 Å². The van der Waals surface area contributed by atoms with Gasteiger partial charge in [-0.2, -0.15) is 4.58 Å². The van der Waals surface area contributed by atoms with Gasteiger partial charge < -0.3 is 33.4 Å². The lowest BCUT2D eigenvalue weighted by atomic mass is 9.80. The summed E-state index contributed by atoms with van der Waals surface area (Å²) in [5.41, 5.74) is 5.66. The highest BCUT2D eigenvalue weighted by Crippen LogP contribution is 2.49. The zero-order valence-corrected chi connectivity index (χ0v) is 43.6. The number of aliphatic carboxylic acids is 2. The number of carboxylic acids is 2. The lowest BCUT2D eigenvalue weighted by Crippen LogP contribution is -2.37. The molecule has 0 bridgehead atoms. The third kappa shape index (κ3) is 12.5. The number of ether oxygens (including phenoxy) is 1. The van der Waals surface area contributed by atoms with E-state index in [1.54, 1.807) is 30.3 Å². The van der Waals surface area contributed by atoms with E-state index in [2.05, 4.69) is 65.6 Å². The van der Waals surface area contributed by atoms with Crippen LogP contribution in [0, 0.1) is 5.92 Å². The normalized spacial score (nSPS) is 19.5. The van der Waals surface area contributed by atoms with Crippen LogP contribution < -0.4 is 9.64 Å². The van der Waals surface area contributed by atoms with Crippen molar-refractivity contribution in [3.8, 4) is 5.75 Å². The van der Waals surface area contributed by atoms with Crippen LogP contribution in [-0.2, 0) is 46.8 Å². The van der Waals surface area contributed by atoms with Crippen molar-refractivity contribution in [2.75, 3.05) is 79.6 Å². The van der Waals surface area contributed by atoms with E-state index in [0.29, 0.717) is 47.7 Å². The maximum Gasteiger partial charge on any atom is 0.307 e. The van der Waals surface area contributed by atoms with Crippen molar-refractivity contribution < 1.29 is 59.5 Å². The van der Waals surface area contributed by atoms with Crippen molar-refractivity contribution in [1.82, 2.24) is 0 Å². The van der Waals surface area contributed by atoms with Gasteiger partial charge in [0.1, 0.15) is 21.6 Å². The minimum atomic E-state index is -4.74. The summed E-state index contributed by atoms with van der Waals surface area (Å²) in [4.78, 5) is 26.5. The third-order valence-electron chi connectivity index (χ3n) is 13.4. The van der Waals surface area contributed by atoms with E-state index in [1.807, 2.05) is 56.4 Å². The van der Waals surface area contributed by atoms with Gasteiger partial charge >= 0.3 is 11.9 Å². The van der Waals surface area contributed by atoms with E-state index >= 15 is 0 Å². The Morgan fingerprint density at radius 2 is 1.43 bits per heavy atom. The van der Waals surface area contributed by atoms with Crippen LogP contribution in [0.15, 0.2) is 117 Å². The zero-order valence-electron chi connectivity index (χ0n) is 42.0. The molecule has 1 atom stereocenters. The zero-order chi connectivity index (χ0) is 51.1. The second-order valence-electron chi connectivity index (χ2n) is 21.8. The van der Waals surface area contributed by atoms with Crippen molar-refractivity contribution in [3.63, 3.8) is 0 Å². The molecule has 14 nitrogen and oxygen atoms in total. The summed E-state index contributed by atoms with van der Waals surface area (Å²) in [5, 5.41) is 20.0. The quantitative estimate of drug-likeness (QED) is 0.0687. The Kier molecular flexibility index (Phi) is 15.2. The number of fused-ring (bicyclic) bond motifs is 2. The van der Waals surface area contributed by atoms with Crippen molar-refractivity contribution in [2.45, 2.75) is 86.8 Å². The van der Waals surface area contributed by atoms with Gasteiger partial charge in [-0.3, -0.25) is 9.59 Å². The first-order chi connectivity index (χ1) is 31.9. The summed E-state index contributed by atoms with van der Waals surface area (Å²) in [7, 11) is 4.51. The molecule has 1 aliphatic carbocycles. The maximum atomic E-state index is 13.1. The number of rotatable bonds is 19. The minimum absolute atomic E-state index is 0.0278. The van der Waals surface area contributed by atoms with Crippen molar-refractivity contribution in [2.24, 2.45) is 5.92 Å². The third-order valence-corrected chi connectivity index (χ3v) is 15.3. The van der Waals surface area contributed by atoms with Crippen LogP contribution in [0.1, 0.15) is 76.5 Å². The molecule has 0 fully saturated rings. The van der Waals surface area contributed by atoms with Gasteiger partial charge in [-0.1, -0.05) is 32.1 Å². The van der Waals surface area contributed by atoms with Gasteiger partial charge in [-0.15, -0.1) is 0 Å². The van der Waals surface area contributed by atoms with Crippen LogP contribution in [0.25, 0.3) is 0 Å². The molecule has 0 saturated heterocycles. The van der Waals surface area contributed by atoms with E-state index in [0.717, 1.165) is 68.8 Å². The summed E-state index contributed by atoms with van der Waals surface area (Å²) in [6.07, 6.45) is 11.2. The number of benzene rings is 3. The van der Waals surface area contributed by atoms with E-state index < -0.39 is 48.6 Å². The molecule has 3 aromatic carbocycles. The average molecular weight is 987 g/mol. The second kappa shape index (κ2) is 19.8. The summed E-state index contributed by atoms with van der Waals surface area (Å²) >= 11 is 0. The molecular weight excluding hydrogens is 917 g/mol. The van der Waals surface area contributed by atoms with Crippen molar-refractivity contribution in [1.29, 1.82) is 0 Å². The Morgan fingerprint density at radius 3 is 2.03 bits per heavy atom. The minimum Gasteiger partial charge on any atom is -0.744 e. The fourth-order valence-electron chi connectivity index (χ4n) is 9.62. The highest BCUT2D eigenvalue weighted by Gasteiger charge is 2.45. The second-order valence-corrected chi connectivity index (χ2v) is 25.2. The Balaban J connectivity index is 1.54. The summed E-state index contributed by atoms with van der Waals surface area (Å²) in [6.45, 7) is 11.1. The van der Waals surface area contributed by atoms with E-state index in [1.165, 1.54) is 18.4 Å². The molecule has 372 valence electrons. The standard InChI is InChI=1S/C53H68N4O10S2/c1-52(2)43-34-41(68(11,62)63)21-23-45(43)54(28-12-30-56(5,6)7)47(52)25-17-37-32-39(51(60)61)33-38(50(37)67-40-19-14-36(15-20-40)16-27-49(58)59)18-26-48-53(3,4)44-35-42(69(64,65)66)22-24-46(44)55(48)29-13-31-57(8,9)10/h14-15,17-26,34-35,39H,12-13,16,27-33H2,1-11H3/p+2. The Bertz CT molecular complexity index is 2890. The highest BCUT2D eigenvalue weighted by atomic mass is 32.2. The molecule has 0 spiro atoms. The summed E-state index contributed by atoms with van der Waals surface area (Å²) < 4.78 is 73.0. The number of hydrogen-bond acceptors (Lipinski definition) is 9. The van der Waals surface area contributed by atoms with Gasteiger partial charge in [-0.05, 0) is 110 Å². The number of allylic oxidation sites excluding steroid dienone is 7. The van der Waals surface area contributed by atoms with Gasteiger partial charge in [0.25, 0.3) is 0 Å². The van der Waals surface area contributed by atoms with Crippen molar-refractivity contribution in [3.05, 3.63) is 124 Å². The van der Waals surface area contributed by atoms with E-state index in [4.69, 9.17) is 4.74 Å². The number of aryl methyl sites for hydroxylation is 1. The smallest absolute Gasteiger partial charge is 0.307 e. The molecule has 3 aromatic rings. The average Bonchev–Trinajstić information content (AvgIpc) is 3.57. The van der Waals surface area contributed by atoms with E-state index in [9.17, 15) is 41.2 Å². The number of nitrogens with zero attached hydrogens (tertiary/aromatic N) is 4. The molecule has 0 saturated carbocycles. The first-order valence-electron chi connectivity index (χ1n) is 23.4. The fraction of sp³-hybridized carbons (Fsp3) is 0.453. The van der Waals surface area contributed by atoms with Crippen LogP contribution in [0.5, 0.6) is 5.75 Å². The summed E-state index contributed by atoms with van der Waals surface area (Å²) in [6, 6.07) is 17.0. The molecule has 2 N–H and O–H groups in total. The SMILES string of the molecule is CC1(C)C(=CC=C2CC(C(=O)O)CC(C=CC3=[N+](CCC[N+](C)(C)C)c4ccc(S(C)(=O)=O)cc4C3(C)C)=C2Oc2ccc(CCC(=O)O)cc2)N(CCC[N+](C)(C)C)c2ccc(S(=O)(=O)[O-])cc21. The Hall–Kier alpha value is -5.39. The summed E-state index contributed by atoms with van der Waals surface area (Å²) in [5.74, 6) is -1.76.